The molecule has 4 N–H and O–H groups in total. The lowest BCUT2D eigenvalue weighted by Gasteiger charge is -2.14. The number of hydrogen-bond donors (Lipinski definition) is 4. The molecule has 1 heterocycles. The number of carbonyl (C=O) groups excluding carboxylic acids is 1. The minimum Gasteiger partial charge on any atom is -0.481 e. The van der Waals surface area contributed by atoms with Gasteiger partial charge in [0.25, 0.3) is 0 Å². The van der Waals surface area contributed by atoms with Gasteiger partial charge >= 0.3 is 12.0 Å². The largest absolute Gasteiger partial charge is 0.481 e. The van der Waals surface area contributed by atoms with Gasteiger partial charge in [0.2, 0.25) is 0 Å². The lowest BCUT2D eigenvalue weighted by Crippen LogP contribution is -2.41. The summed E-state index contributed by atoms with van der Waals surface area (Å²) in [4.78, 5) is 28.7. The SMILES string of the molecule is COC(CNC(=O)NCCc1cnc[nH]1)CC(=O)O. The Morgan fingerprint density at radius 3 is 2.89 bits per heavy atom. The van der Waals surface area contributed by atoms with Gasteiger partial charge in [-0.05, 0) is 0 Å². The first-order valence-electron chi connectivity index (χ1n) is 5.85. The molecule has 8 heteroatoms. The number of aromatic amines is 1. The number of urea groups is 1. The van der Waals surface area contributed by atoms with E-state index in [0.29, 0.717) is 13.0 Å². The third-order valence-electron chi connectivity index (χ3n) is 2.46. The number of carboxylic acid groups (broad SMARTS) is 1. The Hall–Kier alpha value is -2.09. The maximum absolute atomic E-state index is 11.4. The van der Waals surface area contributed by atoms with Crippen molar-refractivity contribution < 1.29 is 19.4 Å². The predicted octanol–water partition coefficient (Wildman–Crippen LogP) is -0.259. The zero-order chi connectivity index (χ0) is 14.1. The second-order valence-electron chi connectivity index (χ2n) is 3.92. The summed E-state index contributed by atoms with van der Waals surface area (Å²) in [6.45, 7) is 0.614. The van der Waals surface area contributed by atoms with Gasteiger partial charge in [0.1, 0.15) is 0 Å². The molecule has 0 aliphatic rings. The highest BCUT2D eigenvalue weighted by molar-refractivity contribution is 5.74. The summed E-state index contributed by atoms with van der Waals surface area (Å²) in [7, 11) is 1.41. The Bertz CT molecular complexity index is 393. The van der Waals surface area contributed by atoms with Gasteiger partial charge < -0.3 is 25.5 Å². The highest BCUT2D eigenvalue weighted by atomic mass is 16.5. The van der Waals surface area contributed by atoms with Crippen LogP contribution in [0.1, 0.15) is 12.1 Å². The molecule has 0 aliphatic heterocycles. The highest BCUT2D eigenvalue weighted by Gasteiger charge is 2.13. The highest BCUT2D eigenvalue weighted by Crippen LogP contribution is 1.95. The van der Waals surface area contributed by atoms with Gasteiger partial charge in [0.05, 0.1) is 18.9 Å². The van der Waals surface area contributed by atoms with Crippen molar-refractivity contribution in [2.45, 2.75) is 18.9 Å². The number of amides is 2. The zero-order valence-electron chi connectivity index (χ0n) is 10.7. The normalized spacial score (nSPS) is 11.8. The molecule has 0 aromatic carbocycles. The molecule has 0 saturated heterocycles. The third-order valence-corrected chi connectivity index (χ3v) is 2.46. The smallest absolute Gasteiger partial charge is 0.314 e. The van der Waals surface area contributed by atoms with Gasteiger partial charge in [0.15, 0.2) is 0 Å². The minimum atomic E-state index is -0.965. The molecule has 0 saturated carbocycles. The maximum Gasteiger partial charge on any atom is 0.314 e. The van der Waals surface area contributed by atoms with E-state index >= 15 is 0 Å². The van der Waals surface area contributed by atoms with E-state index in [0.717, 1.165) is 5.69 Å². The van der Waals surface area contributed by atoms with Crippen LogP contribution in [0, 0.1) is 0 Å². The van der Waals surface area contributed by atoms with E-state index in [1.54, 1.807) is 12.5 Å². The van der Waals surface area contributed by atoms with Crippen LogP contribution in [-0.4, -0.2) is 53.4 Å². The van der Waals surface area contributed by atoms with Crippen LogP contribution in [0.25, 0.3) is 0 Å². The van der Waals surface area contributed by atoms with Crippen LogP contribution >= 0.6 is 0 Å². The van der Waals surface area contributed by atoms with Crippen LogP contribution in [0.3, 0.4) is 0 Å². The number of H-pyrrole nitrogens is 1. The monoisotopic (exact) mass is 270 g/mol. The van der Waals surface area contributed by atoms with Gasteiger partial charge in [-0.15, -0.1) is 0 Å². The number of aromatic nitrogens is 2. The molecule has 19 heavy (non-hydrogen) atoms. The van der Waals surface area contributed by atoms with Crippen molar-refractivity contribution in [2.24, 2.45) is 0 Å². The summed E-state index contributed by atoms with van der Waals surface area (Å²) >= 11 is 0. The molecule has 106 valence electrons. The molecule has 1 atom stereocenters. The van der Waals surface area contributed by atoms with E-state index in [4.69, 9.17) is 9.84 Å². The van der Waals surface area contributed by atoms with Crippen LogP contribution in [0.5, 0.6) is 0 Å². The molecule has 0 bridgehead atoms. The summed E-state index contributed by atoms with van der Waals surface area (Å²) < 4.78 is 4.94. The van der Waals surface area contributed by atoms with Gasteiger partial charge in [-0.1, -0.05) is 0 Å². The van der Waals surface area contributed by atoms with E-state index in [1.165, 1.54) is 7.11 Å². The molecule has 0 aliphatic carbocycles. The number of nitrogens with one attached hydrogen (secondary N) is 3. The summed E-state index contributed by atoms with van der Waals surface area (Å²) in [5.41, 5.74) is 0.931. The molecule has 0 fully saturated rings. The number of carbonyl (C=O) groups is 2. The molecule has 0 spiro atoms. The van der Waals surface area contributed by atoms with E-state index in [-0.39, 0.29) is 19.0 Å². The maximum atomic E-state index is 11.4. The first-order chi connectivity index (χ1) is 9.11. The molecule has 2 amide bonds. The topological polar surface area (TPSA) is 116 Å². The minimum absolute atomic E-state index is 0.148. The number of methoxy groups -OCH3 is 1. The van der Waals surface area contributed by atoms with E-state index in [9.17, 15) is 9.59 Å². The van der Waals surface area contributed by atoms with Gasteiger partial charge in [-0.2, -0.15) is 0 Å². The molecule has 1 unspecified atom stereocenters. The average molecular weight is 270 g/mol. The van der Waals surface area contributed by atoms with Crippen LogP contribution in [0.4, 0.5) is 4.79 Å². The summed E-state index contributed by atoms with van der Waals surface area (Å²) in [5.74, 6) is -0.965. The van der Waals surface area contributed by atoms with Crippen molar-refractivity contribution in [3.63, 3.8) is 0 Å². The van der Waals surface area contributed by atoms with Crippen molar-refractivity contribution in [1.82, 2.24) is 20.6 Å². The number of ether oxygens (including phenoxy) is 1. The lowest BCUT2D eigenvalue weighted by atomic mass is 10.2. The van der Waals surface area contributed by atoms with Crippen LogP contribution in [0.2, 0.25) is 0 Å². The molecular formula is C11H18N4O4. The fraction of sp³-hybridized carbons (Fsp3) is 0.545. The number of rotatable bonds is 8. The number of carboxylic acids is 1. The van der Waals surface area contributed by atoms with Crippen molar-refractivity contribution in [1.29, 1.82) is 0 Å². The molecule has 8 nitrogen and oxygen atoms in total. The summed E-state index contributed by atoms with van der Waals surface area (Å²) in [6, 6.07) is -0.355. The first-order valence-corrected chi connectivity index (χ1v) is 5.85. The Morgan fingerprint density at radius 1 is 1.53 bits per heavy atom. The zero-order valence-corrected chi connectivity index (χ0v) is 10.7. The Balaban J connectivity index is 2.14. The second kappa shape index (κ2) is 8.09. The van der Waals surface area contributed by atoms with Crippen molar-refractivity contribution in [3.8, 4) is 0 Å². The Kier molecular flexibility index (Phi) is 6.37. The first kappa shape index (κ1) is 15.0. The summed E-state index contributed by atoms with van der Waals surface area (Å²) in [6.07, 6.45) is 3.23. The molecule has 1 rings (SSSR count). The van der Waals surface area contributed by atoms with Crippen LogP contribution in [0.15, 0.2) is 12.5 Å². The number of imidazole rings is 1. The predicted molar refractivity (Wildman–Crippen MR) is 66.7 cm³/mol. The number of nitrogens with zero attached hydrogens (tertiary/aromatic N) is 1. The Morgan fingerprint density at radius 2 is 2.32 bits per heavy atom. The van der Waals surface area contributed by atoms with Crippen molar-refractivity contribution >= 4 is 12.0 Å². The van der Waals surface area contributed by atoms with Crippen molar-refractivity contribution in [3.05, 3.63) is 18.2 Å². The van der Waals surface area contributed by atoms with Crippen LogP contribution in [-0.2, 0) is 16.0 Å². The van der Waals surface area contributed by atoms with Crippen LogP contribution < -0.4 is 10.6 Å². The fourth-order valence-corrected chi connectivity index (χ4v) is 1.43. The molecular weight excluding hydrogens is 252 g/mol. The average Bonchev–Trinajstić information content (AvgIpc) is 2.87. The number of hydrogen-bond acceptors (Lipinski definition) is 4. The van der Waals surface area contributed by atoms with E-state index in [1.807, 2.05) is 0 Å². The summed E-state index contributed by atoms with van der Waals surface area (Å²) in [5, 5.41) is 13.8. The van der Waals surface area contributed by atoms with E-state index in [2.05, 4.69) is 20.6 Å². The molecule has 1 aromatic heterocycles. The standard InChI is InChI=1S/C11H18N4O4/c1-19-9(4-10(16)17)6-14-11(18)13-3-2-8-5-12-7-15-8/h5,7,9H,2-4,6H2,1H3,(H,12,15)(H,16,17)(H2,13,14,18). The second-order valence-corrected chi connectivity index (χ2v) is 3.92. The molecule has 1 aromatic rings. The van der Waals surface area contributed by atoms with Crippen molar-refractivity contribution in [2.75, 3.05) is 20.2 Å². The van der Waals surface area contributed by atoms with E-state index < -0.39 is 12.1 Å². The third kappa shape index (κ3) is 6.41. The lowest BCUT2D eigenvalue weighted by molar-refractivity contribution is -0.139. The quantitative estimate of drug-likeness (QED) is 0.519. The van der Waals surface area contributed by atoms with Gasteiger partial charge in [-0.25, -0.2) is 9.78 Å². The fourth-order valence-electron chi connectivity index (χ4n) is 1.43. The number of aliphatic carboxylic acids is 1. The van der Waals surface area contributed by atoms with Gasteiger partial charge in [0, 0.05) is 38.5 Å². The Labute approximate surface area is 110 Å². The molecule has 0 radical (unpaired) electrons. The van der Waals surface area contributed by atoms with Gasteiger partial charge in [-0.3, -0.25) is 4.79 Å².